The summed E-state index contributed by atoms with van der Waals surface area (Å²) < 4.78 is 37.1. The van der Waals surface area contributed by atoms with Crippen molar-refractivity contribution in [3.8, 4) is 0 Å². The largest absolute Gasteiger partial charge is 0.390 e. The Labute approximate surface area is 123 Å². The fourth-order valence-electron chi connectivity index (χ4n) is 3.97. The molecule has 0 aromatic heterocycles. The molecular formula is C16H21F3N2. The summed E-state index contributed by atoms with van der Waals surface area (Å²) in [4.78, 5) is 4.34. The molecule has 0 N–H and O–H groups in total. The minimum absolute atomic E-state index is 0.141. The van der Waals surface area contributed by atoms with E-state index in [2.05, 4.69) is 24.1 Å². The second kappa shape index (κ2) is 5.61. The van der Waals surface area contributed by atoms with E-state index < -0.39 is 12.6 Å². The van der Waals surface area contributed by atoms with Crippen LogP contribution in [0.2, 0.25) is 0 Å². The maximum absolute atomic E-state index is 12.4. The summed E-state index contributed by atoms with van der Waals surface area (Å²) in [6.07, 6.45) is -4.74. The smallest absolute Gasteiger partial charge is 0.302 e. The van der Waals surface area contributed by atoms with Crippen molar-refractivity contribution in [2.45, 2.75) is 18.6 Å². The van der Waals surface area contributed by atoms with Crippen LogP contribution in [0.4, 0.5) is 13.2 Å². The average Bonchev–Trinajstić information content (AvgIpc) is 2.92. The van der Waals surface area contributed by atoms with E-state index in [1.54, 1.807) is 0 Å². The van der Waals surface area contributed by atoms with Gasteiger partial charge >= 0.3 is 6.18 Å². The summed E-state index contributed by atoms with van der Waals surface area (Å²) in [6.45, 7) is 2.70. The number of alkyl halides is 3. The molecule has 0 amide bonds. The molecule has 116 valence electrons. The summed E-state index contributed by atoms with van der Waals surface area (Å²) in [6, 6.07) is 10.7. The summed E-state index contributed by atoms with van der Waals surface area (Å²) in [5.41, 5.74) is 1.28. The molecule has 3 atom stereocenters. The molecule has 21 heavy (non-hydrogen) atoms. The Morgan fingerprint density at radius 3 is 2.48 bits per heavy atom. The third-order valence-electron chi connectivity index (χ3n) is 4.82. The Kier molecular flexibility index (Phi) is 3.97. The van der Waals surface area contributed by atoms with Crippen LogP contribution in [0.15, 0.2) is 30.3 Å². The minimum Gasteiger partial charge on any atom is -0.302 e. The van der Waals surface area contributed by atoms with Gasteiger partial charge in [-0.25, -0.2) is 0 Å². The van der Waals surface area contributed by atoms with Gasteiger partial charge in [0, 0.05) is 32.2 Å². The molecule has 2 saturated heterocycles. The highest BCUT2D eigenvalue weighted by Crippen LogP contribution is 2.44. The van der Waals surface area contributed by atoms with E-state index in [0.29, 0.717) is 17.9 Å². The summed E-state index contributed by atoms with van der Waals surface area (Å²) in [5, 5.41) is 0. The molecule has 2 fully saturated rings. The van der Waals surface area contributed by atoms with Crippen molar-refractivity contribution in [2.24, 2.45) is 11.8 Å². The van der Waals surface area contributed by atoms with Crippen LogP contribution in [0.25, 0.3) is 0 Å². The van der Waals surface area contributed by atoms with E-state index in [9.17, 15) is 13.2 Å². The van der Waals surface area contributed by atoms with Crippen molar-refractivity contribution >= 4 is 0 Å². The molecule has 0 spiro atoms. The van der Waals surface area contributed by atoms with Crippen molar-refractivity contribution in [1.29, 1.82) is 0 Å². The first kappa shape index (κ1) is 14.9. The first-order valence-corrected chi connectivity index (χ1v) is 7.48. The second-order valence-electron chi connectivity index (χ2n) is 6.34. The highest BCUT2D eigenvalue weighted by molar-refractivity contribution is 5.22. The Morgan fingerprint density at radius 1 is 1.10 bits per heavy atom. The lowest BCUT2D eigenvalue weighted by Crippen LogP contribution is -2.31. The van der Waals surface area contributed by atoms with Gasteiger partial charge in [0.25, 0.3) is 0 Å². The predicted octanol–water partition coefficient (Wildman–Crippen LogP) is 3.17. The summed E-state index contributed by atoms with van der Waals surface area (Å²) >= 11 is 0. The van der Waals surface area contributed by atoms with Crippen LogP contribution in [0, 0.1) is 11.8 Å². The van der Waals surface area contributed by atoms with Gasteiger partial charge in [-0.15, -0.1) is 0 Å². The predicted molar refractivity (Wildman–Crippen MR) is 75.9 cm³/mol. The third-order valence-corrected chi connectivity index (χ3v) is 4.82. The number of rotatable bonds is 3. The number of likely N-dealkylation sites (tertiary alicyclic amines) is 2. The van der Waals surface area contributed by atoms with Gasteiger partial charge in [-0.05, 0) is 24.4 Å². The highest BCUT2D eigenvalue weighted by Gasteiger charge is 2.46. The number of hydrogen-bond donors (Lipinski definition) is 0. The van der Waals surface area contributed by atoms with Gasteiger partial charge in [0.2, 0.25) is 0 Å². The Balaban J connectivity index is 1.67. The quantitative estimate of drug-likeness (QED) is 0.845. The molecule has 0 radical (unpaired) electrons. The zero-order valence-electron chi connectivity index (χ0n) is 12.2. The molecule has 1 aromatic carbocycles. The molecule has 0 bridgehead atoms. The zero-order valence-corrected chi connectivity index (χ0v) is 12.2. The monoisotopic (exact) mass is 298 g/mol. The fraction of sp³-hybridized carbons (Fsp3) is 0.625. The van der Waals surface area contributed by atoms with E-state index in [4.69, 9.17) is 0 Å². The Bertz CT molecular complexity index is 474. The average molecular weight is 298 g/mol. The van der Waals surface area contributed by atoms with Gasteiger partial charge in [0.05, 0.1) is 6.42 Å². The maximum Gasteiger partial charge on any atom is 0.390 e. The summed E-state index contributed by atoms with van der Waals surface area (Å²) in [5.74, 6) is 0.944. The zero-order chi connectivity index (χ0) is 15.0. The van der Waals surface area contributed by atoms with Crippen LogP contribution < -0.4 is 0 Å². The molecule has 2 heterocycles. The third kappa shape index (κ3) is 3.24. The Morgan fingerprint density at radius 2 is 1.81 bits per heavy atom. The van der Waals surface area contributed by atoms with Gasteiger partial charge in [-0.3, -0.25) is 4.90 Å². The lowest BCUT2D eigenvalue weighted by Gasteiger charge is -2.27. The Hall–Kier alpha value is -1.07. The summed E-state index contributed by atoms with van der Waals surface area (Å²) in [7, 11) is 2.12. The first-order valence-electron chi connectivity index (χ1n) is 7.48. The van der Waals surface area contributed by atoms with Gasteiger partial charge < -0.3 is 4.90 Å². The van der Waals surface area contributed by atoms with E-state index in [1.165, 1.54) is 5.56 Å². The van der Waals surface area contributed by atoms with Crippen molar-refractivity contribution in [3.63, 3.8) is 0 Å². The van der Waals surface area contributed by atoms with Gasteiger partial charge in [-0.2, -0.15) is 13.2 Å². The fourth-order valence-corrected chi connectivity index (χ4v) is 3.97. The van der Waals surface area contributed by atoms with Crippen LogP contribution in [0.5, 0.6) is 0 Å². The molecule has 2 nitrogen and oxygen atoms in total. The number of fused-ring (bicyclic) bond motifs is 1. The van der Waals surface area contributed by atoms with Crippen molar-refractivity contribution in [1.82, 2.24) is 9.80 Å². The second-order valence-corrected chi connectivity index (χ2v) is 6.34. The van der Waals surface area contributed by atoms with Crippen LogP contribution in [-0.4, -0.2) is 49.2 Å². The van der Waals surface area contributed by atoms with E-state index in [0.717, 1.165) is 19.6 Å². The van der Waals surface area contributed by atoms with Crippen molar-refractivity contribution < 1.29 is 13.2 Å². The van der Waals surface area contributed by atoms with Crippen molar-refractivity contribution in [3.05, 3.63) is 35.9 Å². The van der Waals surface area contributed by atoms with E-state index in [-0.39, 0.29) is 6.54 Å². The van der Waals surface area contributed by atoms with Crippen molar-refractivity contribution in [2.75, 3.05) is 33.2 Å². The number of hydrogen-bond acceptors (Lipinski definition) is 2. The lowest BCUT2D eigenvalue weighted by atomic mass is 9.90. The van der Waals surface area contributed by atoms with Crippen LogP contribution in [-0.2, 0) is 0 Å². The first-order chi connectivity index (χ1) is 9.94. The van der Waals surface area contributed by atoms with Crippen LogP contribution in [0.3, 0.4) is 0 Å². The van der Waals surface area contributed by atoms with Crippen LogP contribution in [0.1, 0.15) is 18.0 Å². The van der Waals surface area contributed by atoms with Gasteiger partial charge in [0.15, 0.2) is 0 Å². The van der Waals surface area contributed by atoms with Gasteiger partial charge in [0.1, 0.15) is 0 Å². The minimum atomic E-state index is -4.05. The standard InChI is InChI=1S/C16H21F3N2/c1-20-9-13-10-21(8-7-16(17,18)19)11-14(13)15(20)12-5-3-2-4-6-12/h2-6,13-15H,7-11H2,1H3/t13-,14+,15-/m0/s1. The lowest BCUT2D eigenvalue weighted by molar-refractivity contribution is -0.137. The number of halogens is 3. The topological polar surface area (TPSA) is 6.48 Å². The maximum atomic E-state index is 12.4. The van der Waals surface area contributed by atoms with E-state index in [1.807, 2.05) is 23.1 Å². The molecule has 5 heteroatoms. The number of benzene rings is 1. The number of nitrogens with zero attached hydrogens (tertiary/aromatic N) is 2. The molecule has 0 aliphatic carbocycles. The van der Waals surface area contributed by atoms with Gasteiger partial charge in [-0.1, -0.05) is 30.3 Å². The molecular weight excluding hydrogens is 277 g/mol. The highest BCUT2D eigenvalue weighted by atomic mass is 19.4. The molecule has 3 rings (SSSR count). The molecule has 2 aliphatic rings. The molecule has 0 unspecified atom stereocenters. The molecule has 1 aromatic rings. The molecule has 2 aliphatic heterocycles. The van der Waals surface area contributed by atoms with Crippen LogP contribution >= 0.6 is 0 Å². The SMILES string of the molecule is CN1C[C@H]2CN(CCC(F)(F)F)C[C@H]2[C@@H]1c1ccccc1. The van der Waals surface area contributed by atoms with E-state index >= 15 is 0 Å². The normalized spacial score (nSPS) is 30.8. The molecule has 0 saturated carbocycles.